The summed E-state index contributed by atoms with van der Waals surface area (Å²) >= 11 is 0. The van der Waals surface area contributed by atoms with E-state index in [1.165, 1.54) is 7.11 Å². The Morgan fingerprint density at radius 1 is 1.00 bits per heavy atom. The van der Waals surface area contributed by atoms with Gasteiger partial charge in [-0.3, -0.25) is 4.79 Å². The highest BCUT2D eigenvalue weighted by molar-refractivity contribution is 6.23. The number of ether oxygens (including phenoxy) is 3. The van der Waals surface area contributed by atoms with Crippen molar-refractivity contribution < 1.29 is 23.8 Å². The topological polar surface area (TPSA) is 73.9 Å². The maximum Gasteiger partial charge on any atom is 0.336 e. The summed E-state index contributed by atoms with van der Waals surface area (Å²) in [4.78, 5) is 26.2. The number of ketones is 1. The van der Waals surface area contributed by atoms with Gasteiger partial charge in [0.2, 0.25) is 0 Å². The fraction of sp³-hybridized carbons (Fsp3) is 0.280. The molecule has 0 saturated carbocycles. The predicted octanol–water partition coefficient (Wildman–Crippen LogP) is 4.23. The number of allylic oxidation sites excluding steroid dienone is 2. The van der Waals surface area contributed by atoms with Gasteiger partial charge in [-0.15, -0.1) is 0 Å². The van der Waals surface area contributed by atoms with Crippen molar-refractivity contribution in [2.75, 3.05) is 20.3 Å². The molecule has 1 aliphatic carbocycles. The second-order valence-electron chi connectivity index (χ2n) is 7.32. The number of carbonyl (C=O) groups excluding carboxylic acids is 2. The first kappa shape index (κ1) is 20.7. The first-order valence-corrected chi connectivity index (χ1v) is 10.4. The molecular formula is C25H25NO5. The summed E-state index contributed by atoms with van der Waals surface area (Å²) < 4.78 is 16.6. The summed E-state index contributed by atoms with van der Waals surface area (Å²) in [7, 11) is 1.35. The zero-order valence-electron chi connectivity index (χ0n) is 18.1. The van der Waals surface area contributed by atoms with Gasteiger partial charge in [0.1, 0.15) is 0 Å². The van der Waals surface area contributed by atoms with Crippen molar-refractivity contribution in [1.82, 2.24) is 5.32 Å². The van der Waals surface area contributed by atoms with E-state index in [4.69, 9.17) is 14.2 Å². The Morgan fingerprint density at radius 2 is 1.68 bits per heavy atom. The second kappa shape index (κ2) is 8.30. The summed E-state index contributed by atoms with van der Waals surface area (Å²) in [5.41, 5.74) is 4.58. The molecule has 160 valence electrons. The first-order chi connectivity index (χ1) is 15.0. The SMILES string of the molecule is CCOc1ccc([C@H]2C(C(=O)OC)=C(C)NC3=C2C(=O)c2ccccc23)cc1OCC. The molecule has 4 rings (SSSR count). The molecule has 0 radical (unpaired) electrons. The number of rotatable bonds is 6. The lowest BCUT2D eigenvalue weighted by Gasteiger charge is -2.29. The van der Waals surface area contributed by atoms with Crippen LogP contribution in [-0.4, -0.2) is 32.1 Å². The molecular weight excluding hydrogens is 394 g/mol. The quantitative estimate of drug-likeness (QED) is 0.707. The first-order valence-electron chi connectivity index (χ1n) is 10.4. The Labute approximate surface area is 181 Å². The number of Topliss-reactive ketones (excluding diaryl/α,β-unsaturated/α-hetero) is 1. The number of hydrogen-bond donors (Lipinski definition) is 1. The van der Waals surface area contributed by atoms with Crippen LogP contribution in [0.5, 0.6) is 11.5 Å². The number of methoxy groups -OCH3 is 1. The molecule has 0 unspecified atom stereocenters. The molecule has 31 heavy (non-hydrogen) atoms. The van der Waals surface area contributed by atoms with Crippen LogP contribution in [0.1, 0.15) is 48.2 Å². The van der Waals surface area contributed by atoms with E-state index in [0.29, 0.717) is 47.1 Å². The minimum Gasteiger partial charge on any atom is -0.490 e. The third-order valence-corrected chi connectivity index (χ3v) is 5.55. The minimum absolute atomic E-state index is 0.0937. The van der Waals surface area contributed by atoms with Gasteiger partial charge < -0.3 is 19.5 Å². The van der Waals surface area contributed by atoms with Crippen LogP contribution < -0.4 is 14.8 Å². The van der Waals surface area contributed by atoms with Crippen LogP contribution in [-0.2, 0) is 9.53 Å². The van der Waals surface area contributed by atoms with Gasteiger partial charge >= 0.3 is 5.97 Å². The van der Waals surface area contributed by atoms with Crippen LogP contribution >= 0.6 is 0 Å². The van der Waals surface area contributed by atoms with Crippen molar-refractivity contribution >= 4 is 17.4 Å². The molecule has 0 amide bonds. The highest BCUT2D eigenvalue weighted by Crippen LogP contribution is 2.47. The molecule has 0 fully saturated rings. The van der Waals surface area contributed by atoms with Gasteiger partial charge in [-0.05, 0) is 38.5 Å². The highest BCUT2D eigenvalue weighted by atomic mass is 16.5. The van der Waals surface area contributed by atoms with Crippen molar-refractivity contribution in [3.63, 3.8) is 0 Å². The Balaban J connectivity index is 1.92. The molecule has 2 aromatic rings. The normalized spacial score (nSPS) is 17.2. The number of hydrogen-bond acceptors (Lipinski definition) is 6. The third kappa shape index (κ3) is 3.38. The molecule has 1 heterocycles. The summed E-state index contributed by atoms with van der Waals surface area (Å²) in [5, 5.41) is 3.28. The van der Waals surface area contributed by atoms with Gasteiger partial charge in [0.25, 0.3) is 0 Å². The van der Waals surface area contributed by atoms with Crippen molar-refractivity contribution in [2.45, 2.75) is 26.7 Å². The number of nitrogens with one attached hydrogen (secondary N) is 1. The molecule has 1 aliphatic heterocycles. The van der Waals surface area contributed by atoms with Crippen molar-refractivity contribution in [3.05, 3.63) is 76.0 Å². The van der Waals surface area contributed by atoms with Crippen LogP contribution in [0.15, 0.2) is 59.3 Å². The lowest BCUT2D eigenvalue weighted by atomic mass is 9.79. The lowest BCUT2D eigenvalue weighted by Crippen LogP contribution is -2.29. The maximum absolute atomic E-state index is 13.4. The van der Waals surface area contributed by atoms with Gasteiger partial charge in [0.05, 0.1) is 31.6 Å². The van der Waals surface area contributed by atoms with Gasteiger partial charge in [-0.1, -0.05) is 30.3 Å². The standard InChI is InChI=1S/C25H25NO5/c1-5-30-18-12-11-15(13-19(18)31-6-2)21-20(25(28)29-4)14(3)26-23-16-9-7-8-10-17(16)24(27)22(21)23/h7-13,21,26H,5-6H2,1-4H3/t21-/m0/s1. The smallest absolute Gasteiger partial charge is 0.336 e. The molecule has 2 aromatic carbocycles. The number of fused-ring (bicyclic) bond motifs is 2. The van der Waals surface area contributed by atoms with Gasteiger partial charge in [-0.2, -0.15) is 0 Å². The monoisotopic (exact) mass is 419 g/mol. The van der Waals surface area contributed by atoms with E-state index in [0.717, 1.165) is 16.8 Å². The van der Waals surface area contributed by atoms with E-state index in [2.05, 4.69) is 5.32 Å². The Hall–Kier alpha value is -3.54. The van der Waals surface area contributed by atoms with Crippen LogP contribution in [0.3, 0.4) is 0 Å². The fourth-order valence-electron chi connectivity index (χ4n) is 4.29. The van der Waals surface area contributed by atoms with E-state index in [1.807, 2.05) is 63.2 Å². The van der Waals surface area contributed by atoms with Crippen molar-refractivity contribution in [2.24, 2.45) is 0 Å². The predicted molar refractivity (Wildman–Crippen MR) is 117 cm³/mol. The number of carbonyl (C=O) groups is 2. The number of esters is 1. The minimum atomic E-state index is -0.585. The van der Waals surface area contributed by atoms with Gasteiger partial charge in [0.15, 0.2) is 17.3 Å². The van der Waals surface area contributed by atoms with E-state index in [9.17, 15) is 9.59 Å². The van der Waals surface area contributed by atoms with Crippen LogP contribution in [0, 0.1) is 0 Å². The third-order valence-electron chi connectivity index (χ3n) is 5.55. The summed E-state index contributed by atoms with van der Waals surface area (Å²) in [6.45, 7) is 6.60. The van der Waals surface area contributed by atoms with Crippen molar-refractivity contribution in [3.8, 4) is 11.5 Å². The second-order valence-corrected chi connectivity index (χ2v) is 7.32. The Kier molecular flexibility index (Phi) is 5.55. The molecule has 0 aromatic heterocycles. The van der Waals surface area contributed by atoms with E-state index in [-0.39, 0.29) is 5.78 Å². The molecule has 6 nitrogen and oxygen atoms in total. The largest absolute Gasteiger partial charge is 0.490 e. The summed E-state index contributed by atoms with van der Waals surface area (Å²) in [6.07, 6.45) is 0. The lowest BCUT2D eigenvalue weighted by molar-refractivity contribution is -0.136. The number of benzene rings is 2. The summed E-state index contributed by atoms with van der Waals surface area (Å²) in [6, 6.07) is 13.0. The maximum atomic E-state index is 13.4. The van der Waals surface area contributed by atoms with E-state index < -0.39 is 11.9 Å². The fourth-order valence-corrected chi connectivity index (χ4v) is 4.29. The highest BCUT2D eigenvalue weighted by Gasteiger charge is 2.43. The Morgan fingerprint density at radius 3 is 2.35 bits per heavy atom. The van der Waals surface area contributed by atoms with Crippen LogP contribution in [0.2, 0.25) is 0 Å². The molecule has 0 spiro atoms. The van der Waals surface area contributed by atoms with E-state index >= 15 is 0 Å². The summed E-state index contributed by atoms with van der Waals surface area (Å²) in [5.74, 6) is 0.0458. The Bertz CT molecular complexity index is 1130. The average Bonchev–Trinajstić information content (AvgIpc) is 3.06. The molecule has 1 atom stereocenters. The van der Waals surface area contributed by atoms with E-state index in [1.54, 1.807) is 0 Å². The van der Waals surface area contributed by atoms with Crippen molar-refractivity contribution in [1.29, 1.82) is 0 Å². The van der Waals surface area contributed by atoms with Crippen LogP contribution in [0.25, 0.3) is 5.70 Å². The molecule has 0 bridgehead atoms. The molecule has 2 aliphatic rings. The van der Waals surface area contributed by atoms with Gasteiger partial charge in [-0.25, -0.2) is 4.79 Å². The number of dihydropyridines is 1. The van der Waals surface area contributed by atoms with Crippen LogP contribution in [0.4, 0.5) is 0 Å². The molecule has 0 saturated heterocycles. The average molecular weight is 419 g/mol. The molecule has 1 N–H and O–H groups in total. The molecule has 6 heteroatoms. The zero-order chi connectivity index (χ0) is 22.1. The zero-order valence-corrected chi connectivity index (χ0v) is 18.1. The van der Waals surface area contributed by atoms with Gasteiger partial charge in [0, 0.05) is 28.3 Å².